The SMILES string of the molecule is CCC1(CC)C(N)CS(=O)(=O)N1C. The molecule has 0 aliphatic carbocycles. The van der Waals surface area contributed by atoms with Crippen LogP contribution in [0.5, 0.6) is 0 Å². The van der Waals surface area contributed by atoms with Crippen LogP contribution in [0.15, 0.2) is 0 Å². The molecular weight excluding hydrogens is 188 g/mol. The fourth-order valence-corrected chi connectivity index (χ4v) is 4.16. The maximum atomic E-state index is 11.6. The van der Waals surface area contributed by atoms with Crippen molar-refractivity contribution >= 4 is 10.0 Å². The van der Waals surface area contributed by atoms with Crippen LogP contribution in [-0.2, 0) is 10.0 Å². The standard InChI is InChI=1S/C8H18N2O2S/c1-4-8(5-2)7(9)6-13(11,12)10(8)3/h7H,4-6,9H2,1-3H3. The highest BCUT2D eigenvalue weighted by molar-refractivity contribution is 7.89. The van der Waals surface area contributed by atoms with Gasteiger partial charge in [-0.1, -0.05) is 13.8 Å². The van der Waals surface area contributed by atoms with E-state index in [1.54, 1.807) is 7.05 Å². The first-order valence-corrected chi connectivity index (χ1v) is 6.24. The zero-order valence-electron chi connectivity index (χ0n) is 8.45. The second kappa shape index (κ2) is 3.22. The third-order valence-corrected chi connectivity index (χ3v) is 5.33. The second-order valence-electron chi connectivity index (χ2n) is 3.66. The predicted molar refractivity (Wildman–Crippen MR) is 52.8 cm³/mol. The molecule has 4 nitrogen and oxygen atoms in total. The number of nitrogens with two attached hydrogens (primary N) is 1. The van der Waals surface area contributed by atoms with Crippen LogP contribution in [0.2, 0.25) is 0 Å². The summed E-state index contributed by atoms with van der Waals surface area (Å²) in [5, 5.41) is 0. The van der Waals surface area contributed by atoms with Gasteiger partial charge in [0.05, 0.1) is 11.3 Å². The molecule has 1 rings (SSSR count). The van der Waals surface area contributed by atoms with Gasteiger partial charge >= 0.3 is 0 Å². The molecule has 5 heteroatoms. The summed E-state index contributed by atoms with van der Waals surface area (Å²) in [4.78, 5) is 0. The summed E-state index contributed by atoms with van der Waals surface area (Å²) in [6, 6.07) is -0.252. The molecule has 0 aromatic heterocycles. The minimum Gasteiger partial charge on any atom is -0.325 e. The van der Waals surface area contributed by atoms with Crippen LogP contribution < -0.4 is 5.73 Å². The molecule has 1 aliphatic rings. The summed E-state index contributed by atoms with van der Waals surface area (Å²) >= 11 is 0. The molecule has 1 aliphatic heterocycles. The Morgan fingerprint density at radius 3 is 2.08 bits per heavy atom. The minimum absolute atomic E-state index is 0.0885. The number of rotatable bonds is 2. The Balaban J connectivity index is 3.12. The molecule has 1 atom stereocenters. The first-order chi connectivity index (χ1) is 5.90. The summed E-state index contributed by atoms with van der Waals surface area (Å²) in [5.74, 6) is 0.0885. The Morgan fingerprint density at radius 1 is 1.46 bits per heavy atom. The van der Waals surface area contributed by atoms with Crippen molar-refractivity contribution in [1.82, 2.24) is 4.31 Å². The number of nitrogens with zero attached hydrogens (tertiary/aromatic N) is 1. The summed E-state index contributed by atoms with van der Waals surface area (Å²) in [7, 11) is -1.46. The van der Waals surface area contributed by atoms with Gasteiger partial charge in [-0.3, -0.25) is 0 Å². The van der Waals surface area contributed by atoms with E-state index in [2.05, 4.69) is 0 Å². The largest absolute Gasteiger partial charge is 0.325 e. The van der Waals surface area contributed by atoms with Crippen LogP contribution in [-0.4, -0.2) is 37.1 Å². The molecule has 13 heavy (non-hydrogen) atoms. The third kappa shape index (κ3) is 1.39. The maximum absolute atomic E-state index is 11.6. The average Bonchev–Trinajstić information content (AvgIpc) is 2.22. The highest BCUT2D eigenvalue weighted by Gasteiger charge is 2.50. The van der Waals surface area contributed by atoms with Gasteiger partial charge in [-0.05, 0) is 12.8 Å². The molecule has 0 radical (unpaired) electrons. The van der Waals surface area contributed by atoms with Crippen LogP contribution in [0.4, 0.5) is 0 Å². The second-order valence-corrected chi connectivity index (χ2v) is 5.71. The summed E-state index contributed by atoms with van der Waals surface area (Å²) in [5.41, 5.74) is 5.53. The molecule has 1 heterocycles. The Morgan fingerprint density at radius 2 is 1.92 bits per heavy atom. The van der Waals surface area contributed by atoms with Gasteiger partial charge in [0.2, 0.25) is 10.0 Å². The lowest BCUT2D eigenvalue weighted by Crippen LogP contribution is -2.52. The zero-order valence-corrected chi connectivity index (χ0v) is 9.26. The van der Waals surface area contributed by atoms with Crippen LogP contribution in [0.25, 0.3) is 0 Å². The molecule has 78 valence electrons. The Hall–Kier alpha value is -0.130. The highest BCUT2D eigenvalue weighted by atomic mass is 32.2. The number of likely N-dealkylation sites (N-methyl/N-ethyl adjacent to an activating group) is 1. The Kier molecular flexibility index (Phi) is 2.71. The van der Waals surface area contributed by atoms with Gasteiger partial charge in [-0.15, -0.1) is 0 Å². The first-order valence-electron chi connectivity index (χ1n) is 4.63. The van der Waals surface area contributed by atoms with Crippen molar-refractivity contribution in [3.05, 3.63) is 0 Å². The van der Waals surface area contributed by atoms with Crippen LogP contribution in [0, 0.1) is 0 Å². The molecule has 0 spiro atoms. The van der Waals surface area contributed by atoms with Gasteiger partial charge in [0.25, 0.3) is 0 Å². The van der Waals surface area contributed by atoms with E-state index in [-0.39, 0.29) is 17.3 Å². The van der Waals surface area contributed by atoms with Crippen molar-refractivity contribution < 1.29 is 8.42 Å². The number of hydrogen-bond donors (Lipinski definition) is 1. The predicted octanol–water partition coefficient (Wildman–Crippen LogP) is 0.148. The summed E-state index contributed by atoms with van der Waals surface area (Å²) < 4.78 is 24.6. The highest BCUT2D eigenvalue weighted by Crippen LogP contribution is 2.34. The molecule has 0 saturated carbocycles. The first kappa shape index (κ1) is 10.9. The normalized spacial score (nSPS) is 32.2. The monoisotopic (exact) mass is 206 g/mol. The van der Waals surface area contributed by atoms with Crippen LogP contribution >= 0.6 is 0 Å². The van der Waals surface area contributed by atoms with E-state index in [0.29, 0.717) is 0 Å². The van der Waals surface area contributed by atoms with Gasteiger partial charge in [-0.2, -0.15) is 4.31 Å². The lowest BCUT2D eigenvalue weighted by Gasteiger charge is -2.35. The van der Waals surface area contributed by atoms with Crippen molar-refractivity contribution in [3.63, 3.8) is 0 Å². The van der Waals surface area contributed by atoms with E-state index in [0.717, 1.165) is 12.8 Å². The van der Waals surface area contributed by atoms with Crippen molar-refractivity contribution in [2.75, 3.05) is 12.8 Å². The molecular formula is C8H18N2O2S. The molecule has 0 amide bonds. The topological polar surface area (TPSA) is 63.4 Å². The van der Waals surface area contributed by atoms with Gasteiger partial charge in [-0.25, -0.2) is 8.42 Å². The molecule has 2 N–H and O–H groups in total. The van der Waals surface area contributed by atoms with Gasteiger partial charge < -0.3 is 5.73 Å². The Bertz CT molecular complexity index is 283. The molecule has 1 saturated heterocycles. The van der Waals surface area contributed by atoms with Gasteiger partial charge in [0, 0.05) is 13.1 Å². The van der Waals surface area contributed by atoms with Crippen LogP contribution in [0.1, 0.15) is 26.7 Å². The molecule has 0 bridgehead atoms. The molecule has 0 aromatic carbocycles. The van der Waals surface area contributed by atoms with E-state index in [4.69, 9.17) is 5.73 Å². The van der Waals surface area contributed by atoms with Crippen molar-refractivity contribution in [2.24, 2.45) is 5.73 Å². The minimum atomic E-state index is -3.10. The summed E-state index contributed by atoms with van der Waals surface area (Å²) in [6.07, 6.45) is 1.56. The fraction of sp³-hybridized carbons (Fsp3) is 1.00. The van der Waals surface area contributed by atoms with Gasteiger partial charge in [0.1, 0.15) is 0 Å². The van der Waals surface area contributed by atoms with Crippen LogP contribution in [0.3, 0.4) is 0 Å². The lowest BCUT2D eigenvalue weighted by molar-refractivity contribution is 0.194. The number of hydrogen-bond acceptors (Lipinski definition) is 3. The quantitative estimate of drug-likeness (QED) is 0.699. The average molecular weight is 206 g/mol. The lowest BCUT2D eigenvalue weighted by atomic mass is 9.86. The Labute approximate surface area is 80.1 Å². The third-order valence-electron chi connectivity index (χ3n) is 3.35. The van der Waals surface area contributed by atoms with Gasteiger partial charge in [0.15, 0.2) is 0 Å². The van der Waals surface area contributed by atoms with Crippen molar-refractivity contribution in [1.29, 1.82) is 0 Å². The molecule has 0 aromatic rings. The van der Waals surface area contributed by atoms with E-state index >= 15 is 0 Å². The van der Waals surface area contributed by atoms with E-state index in [9.17, 15) is 8.42 Å². The van der Waals surface area contributed by atoms with E-state index in [1.165, 1.54) is 4.31 Å². The van der Waals surface area contributed by atoms with E-state index < -0.39 is 10.0 Å². The molecule has 1 unspecified atom stereocenters. The smallest absolute Gasteiger partial charge is 0.216 e. The van der Waals surface area contributed by atoms with E-state index in [1.807, 2.05) is 13.8 Å². The van der Waals surface area contributed by atoms with Crippen molar-refractivity contribution in [3.8, 4) is 0 Å². The zero-order chi connectivity index (χ0) is 10.3. The number of sulfonamides is 1. The summed E-state index contributed by atoms with van der Waals surface area (Å²) in [6.45, 7) is 3.97. The van der Waals surface area contributed by atoms with Crippen molar-refractivity contribution in [2.45, 2.75) is 38.3 Å². The maximum Gasteiger partial charge on any atom is 0.216 e. The molecule has 1 fully saturated rings. The fourth-order valence-electron chi connectivity index (χ4n) is 2.22.